The molecule has 0 radical (unpaired) electrons. The summed E-state index contributed by atoms with van der Waals surface area (Å²) in [5.41, 5.74) is 0.417. The van der Waals surface area contributed by atoms with Crippen LogP contribution in [0.1, 0.15) is 10.4 Å². The molecular weight excluding hydrogens is 292 g/mol. The fraction of sp³-hybridized carbons (Fsp3) is 0.0714. The lowest BCUT2D eigenvalue weighted by Gasteiger charge is -2.11. The smallest absolute Gasteiger partial charge is 0.259 e. The predicted octanol–water partition coefficient (Wildman–Crippen LogP) is 1.59. The van der Waals surface area contributed by atoms with Gasteiger partial charge in [0.25, 0.3) is 5.91 Å². The van der Waals surface area contributed by atoms with E-state index in [9.17, 15) is 13.2 Å². The zero-order chi connectivity index (χ0) is 15.5. The molecule has 1 amide bonds. The van der Waals surface area contributed by atoms with Crippen LogP contribution in [0.3, 0.4) is 0 Å². The van der Waals surface area contributed by atoms with Crippen LogP contribution in [-0.2, 0) is 10.0 Å². The molecule has 2 aromatic rings. The van der Waals surface area contributed by atoms with Crippen molar-refractivity contribution < 1.29 is 17.9 Å². The number of amides is 1. The molecule has 0 saturated carbocycles. The Kier molecular flexibility index (Phi) is 4.25. The second kappa shape index (κ2) is 5.94. The number of nitrogens with one attached hydrogen (secondary N) is 1. The number of hydrogen-bond acceptors (Lipinski definition) is 4. The van der Waals surface area contributed by atoms with E-state index in [0.29, 0.717) is 11.3 Å². The maximum Gasteiger partial charge on any atom is 0.259 e. The summed E-state index contributed by atoms with van der Waals surface area (Å²) in [6, 6.07) is 12.6. The number of rotatable bonds is 4. The SMILES string of the molecule is COc1ccccc1C(=O)Nc1ccccc1S(N)(=O)=O. The fourth-order valence-electron chi connectivity index (χ4n) is 1.84. The van der Waals surface area contributed by atoms with Gasteiger partial charge in [0.1, 0.15) is 10.6 Å². The van der Waals surface area contributed by atoms with Crippen molar-refractivity contribution in [3.8, 4) is 5.75 Å². The van der Waals surface area contributed by atoms with E-state index in [2.05, 4.69) is 5.32 Å². The average Bonchev–Trinajstić information content (AvgIpc) is 2.46. The van der Waals surface area contributed by atoms with Gasteiger partial charge >= 0.3 is 0 Å². The van der Waals surface area contributed by atoms with Crippen molar-refractivity contribution in [1.82, 2.24) is 0 Å². The Morgan fingerprint density at radius 3 is 2.38 bits per heavy atom. The van der Waals surface area contributed by atoms with Crippen LogP contribution in [0.25, 0.3) is 0 Å². The van der Waals surface area contributed by atoms with Gasteiger partial charge in [-0.05, 0) is 24.3 Å². The number of methoxy groups -OCH3 is 1. The monoisotopic (exact) mass is 306 g/mol. The largest absolute Gasteiger partial charge is 0.496 e. The highest BCUT2D eigenvalue weighted by molar-refractivity contribution is 7.89. The molecule has 2 aromatic carbocycles. The van der Waals surface area contributed by atoms with Crippen LogP contribution in [-0.4, -0.2) is 21.4 Å². The van der Waals surface area contributed by atoms with Crippen molar-refractivity contribution in [2.75, 3.05) is 12.4 Å². The van der Waals surface area contributed by atoms with Crippen LogP contribution in [0.2, 0.25) is 0 Å². The zero-order valence-electron chi connectivity index (χ0n) is 11.2. The first-order valence-electron chi connectivity index (χ1n) is 5.99. The third-order valence-corrected chi connectivity index (χ3v) is 3.76. The molecule has 0 unspecified atom stereocenters. The van der Waals surface area contributed by atoms with Crippen molar-refractivity contribution in [2.45, 2.75) is 4.90 Å². The molecule has 0 fully saturated rings. The molecule has 0 aliphatic rings. The Hall–Kier alpha value is -2.38. The van der Waals surface area contributed by atoms with Gasteiger partial charge in [0.05, 0.1) is 18.4 Å². The number of anilines is 1. The third kappa shape index (κ3) is 3.39. The van der Waals surface area contributed by atoms with Gasteiger partial charge in [0, 0.05) is 0 Å². The maximum absolute atomic E-state index is 12.2. The van der Waals surface area contributed by atoms with E-state index in [1.807, 2.05) is 0 Å². The van der Waals surface area contributed by atoms with Crippen molar-refractivity contribution in [2.24, 2.45) is 5.14 Å². The Morgan fingerprint density at radius 1 is 1.10 bits per heavy atom. The first-order valence-corrected chi connectivity index (χ1v) is 7.54. The van der Waals surface area contributed by atoms with Crippen molar-refractivity contribution in [3.63, 3.8) is 0 Å². The number of carbonyl (C=O) groups is 1. The molecule has 3 N–H and O–H groups in total. The Balaban J connectivity index is 2.37. The quantitative estimate of drug-likeness (QED) is 0.896. The van der Waals surface area contributed by atoms with Crippen LogP contribution < -0.4 is 15.2 Å². The van der Waals surface area contributed by atoms with Gasteiger partial charge in [-0.1, -0.05) is 24.3 Å². The number of nitrogens with two attached hydrogens (primary N) is 1. The van der Waals surface area contributed by atoms with E-state index in [-0.39, 0.29) is 10.6 Å². The molecule has 21 heavy (non-hydrogen) atoms. The highest BCUT2D eigenvalue weighted by Crippen LogP contribution is 2.23. The summed E-state index contributed by atoms with van der Waals surface area (Å²) in [7, 11) is -2.47. The third-order valence-electron chi connectivity index (χ3n) is 2.79. The van der Waals surface area contributed by atoms with Crippen LogP contribution in [0.15, 0.2) is 53.4 Å². The van der Waals surface area contributed by atoms with Crippen LogP contribution in [0, 0.1) is 0 Å². The van der Waals surface area contributed by atoms with Crippen molar-refractivity contribution in [3.05, 3.63) is 54.1 Å². The van der Waals surface area contributed by atoms with E-state index < -0.39 is 15.9 Å². The minimum atomic E-state index is -3.92. The second-order valence-electron chi connectivity index (χ2n) is 4.20. The van der Waals surface area contributed by atoms with Gasteiger partial charge in [0.15, 0.2) is 0 Å². The standard InChI is InChI=1S/C14H14N2O4S/c1-20-12-8-4-2-6-10(12)14(17)16-11-7-3-5-9-13(11)21(15,18)19/h2-9H,1H3,(H,16,17)(H2,15,18,19). The molecule has 0 aromatic heterocycles. The lowest BCUT2D eigenvalue weighted by molar-refractivity contribution is 0.102. The fourth-order valence-corrected chi connectivity index (χ4v) is 2.53. The molecule has 0 spiro atoms. The number of sulfonamides is 1. The number of benzene rings is 2. The van der Waals surface area contributed by atoms with Crippen molar-refractivity contribution in [1.29, 1.82) is 0 Å². The molecule has 0 atom stereocenters. The normalized spacial score (nSPS) is 11.0. The number of hydrogen-bond donors (Lipinski definition) is 2. The Labute approximate surface area is 122 Å². The van der Waals surface area contributed by atoms with E-state index in [1.165, 1.54) is 25.3 Å². The lowest BCUT2D eigenvalue weighted by atomic mass is 10.2. The summed E-state index contributed by atoms with van der Waals surface area (Å²) in [5, 5.41) is 7.65. The van der Waals surface area contributed by atoms with E-state index in [4.69, 9.17) is 9.88 Å². The molecular formula is C14H14N2O4S. The highest BCUT2D eigenvalue weighted by Gasteiger charge is 2.17. The first-order chi connectivity index (χ1) is 9.93. The topological polar surface area (TPSA) is 98.5 Å². The van der Waals surface area contributed by atoms with Gasteiger partial charge in [-0.25, -0.2) is 13.6 Å². The number of para-hydroxylation sites is 2. The minimum Gasteiger partial charge on any atom is -0.496 e. The molecule has 0 bridgehead atoms. The molecule has 0 aliphatic carbocycles. The molecule has 2 rings (SSSR count). The molecule has 0 heterocycles. The van der Waals surface area contributed by atoms with E-state index in [1.54, 1.807) is 30.3 Å². The van der Waals surface area contributed by atoms with Gasteiger partial charge in [0.2, 0.25) is 10.0 Å². The van der Waals surface area contributed by atoms with Crippen LogP contribution >= 0.6 is 0 Å². The highest BCUT2D eigenvalue weighted by atomic mass is 32.2. The predicted molar refractivity (Wildman–Crippen MR) is 78.8 cm³/mol. The first kappa shape index (κ1) is 15.0. The lowest BCUT2D eigenvalue weighted by Crippen LogP contribution is -2.18. The molecule has 0 aliphatic heterocycles. The van der Waals surface area contributed by atoms with Crippen molar-refractivity contribution >= 4 is 21.6 Å². The molecule has 7 heteroatoms. The maximum atomic E-state index is 12.2. The summed E-state index contributed by atoms with van der Waals surface area (Å²) in [5.74, 6) is -0.0911. The van der Waals surface area contributed by atoms with Gasteiger partial charge in [-0.2, -0.15) is 0 Å². The zero-order valence-corrected chi connectivity index (χ0v) is 12.1. The second-order valence-corrected chi connectivity index (χ2v) is 5.73. The van der Waals surface area contributed by atoms with Gasteiger partial charge < -0.3 is 10.1 Å². The summed E-state index contributed by atoms with van der Waals surface area (Å²) >= 11 is 0. The number of carbonyl (C=O) groups excluding carboxylic acids is 1. The Bertz CT molecular complexity index is 772. The number of ether oxygens (including phenoxy) is 1. The molecule has 0 saturated heterocycles. The summed E-state index contributed by atoms with van der Waals surface area (Å²) in [6.45, 7) is 0. The molecule has 110 valence electrons. The summed E-state index contributed by atoms with van der Waals surface area (Å²) < 4.78 is 28.1. The van der Waals surface area contributed by atoms with Crippen LogP contribution in [0.4, 0.5) is 5.69 Å². The van der Waals surface area contributed by atoms with E-state index in [0.717, 1.165) is 0 Å². The van der Waals surface area contributed by atoms with Gasteiger partial charge in [-0.15, -0.1) is 0 Å². The van der Waals surface area contributed by atoms with Crippen LogP contribution in [0.5, 0.6) is 5.75 Å². The summed E-state index contributed by atoms with van der Waals surface area (Å²) in [6.07, 6.45) is 0. The average molecular weight is 306 g/mol. The Morgan fingerprint density at radius 2 is 1.71 bits per heavy atom. The van der Waals surface area contributed by atoms with Gasteiger partial charge in [-0.3, -0.25) is 4.79 Å². The number of primary sulfonamides is 1. The summed E-state index contributed by atoms with van der Waals surface area (Å²) in [4.78, 5) is 12.1. The molecule has 6 nitrogen and oxygen atoms in total. The minimum absolute atomic E-state index is 0.121. The van der Waals surface area contributed by atoms with E-state index >= 15 is 0 Å².